The van der Waals surface area contributed by atoms with Crippen LogP contribution in [0.4, 0.5) is 0 Å². The van der Waals surface area contributed by atoms with E-state index in [0.717, 1.165) is 11.8 Å². The zero-order valence-electron chi connectivity index (χ0n) is 11.2. The summed E-state index contributed by atoms with van der Waals surface area (Å²) in [5.41, 5.74) is 0.829. The number of thiocarbonyl (C=S) groups is 1. The third-order valence-corrected chi connectivity index (χ3v) is 4.26. The highest BCUT2D eigenvalue weighted by Crippen LogP contribution is 2.32. The van der Waals surface area contributed by atoms with Crippen LogP contribution in [0.5, 0.6) is 0 Å². The molecule has 0 aliphatic carbocycles. The molecule has 0 aromatic heterocycles. The van der Waals surface area contributed by atoms with E-state index < -0.39 is 11.9 Å². The molecule has 0 bridgehead atoms. The second kappa shape index (κ2) is 6.71. The van der Waals surface area contributed by atoms with Gasteiger partial charge in [-0.15, -0.1) is 0 Å². The molecule has 6 nitrogen and oxygen atoms in total. The summed E-state index contributed by atoms with van der Waals surface area (Å²) in [4.78, 5) is 35.2. The van der Waals surface area contributed by atoms with Crippen molar-refractivity contribution in [2.45, 2.75) is 6.42 Å². The molecule has 1 aliphatic rings. The monoisotopic (exact) mass is 337 g/mol. The fraction of sp³-hybridized carbons (Fsp3) is 0.143. The molecule has 0 spiro atoms. The molecule has 0 atom stereocenters. The summed E-state index contributed by atoms with van der Waals surface area (Å²) in [6.45, 7) is 0.0370. The van der Waals surface area contributed by atoms with E-state index >= 15 is 0 Å². The molecule has 114 valence electrons. The maximum Gasteiger partial charge on any atom is 0.335 e. The number of thioether (sulfide) groups is 1. The van der Waals surface area contributed by atoms with Gasteiger partial charge in [-0.3, -0.25) is 14.5 Å². The SMILES string of the molecule is O=C(O)CCN1C(=O)/C(=C/c2ccc(C(=O)O)cc2)SC1=S. The number of carboxylic acids is 2. The highest BCUT2D eigenvalue weighted by molar-refractivity contribution is 8.26. The van der Waals surface area contributed by atoms with Gasteiger partial charge in [0.2, 0.25) is 0 Å². The van der Waals surface area contributed by atoms with Crippen LogP contribution in [0.15, 0.2) is 29.2 Å². The number of carbonyl (C=O) groups excluding carboxylic acids is 1. The van der Waals surface area contributed by atoms with Crippen molar-refractivity contribution in [3.8, 4) is 0 Å². The molecule has 2 rings (SSSR count). The van der Waals surface area contributed by atoms with Crippen LogP contribution in [0.3, 0.4) is 0 Å². The molecule has 8 heteroatoms. The van der Waals surface area contributed by atoms with Crippen molar-refractivity contribution < 1.29 is 24.6 Å². The van der Waals surface area contributed by atoms with E-state index in [1.165, 1.54) is 17.0 Å². The minimum atomic E-state index is -1.02. The predicted octanol–water partition coefficient (Wildman–Crippen LogP) is 2.06. The van der Waals surface area contributed by atoms with E-state index in [9.17, 15) is 14.4 Å². The largest absolute Gasteiger partial charge is 0.481 e. The zero-order valence-corrected chi connectivity index (χ0v) is 12.8. The number of nitrogens with zero attached hydrogens (tertiary/aromatic N) is 1. The van der Waals surface area contributed by atoms with Crippen LogP contribution in [0, 0.1) is 0 Å². The van der Waals surface area contributed by atoms with Crippen LogP contribution in [-0.2, 0) is 9.59 Å². The lowest BCUT2D eigenvalue weighted by Gasteiger charge is -2.12. The Morgan fingerprint density at radius 2 is 1.86 bits per heavy atom. The highest BCUT2D eigenvalue weighted by atomic mass is 32.2. The number of carboxylic acid groups (broad SMARTS) is 2. The zero-order chi connectivity index (χ0) is 16.3. The van der Waals surface area contributed by atoms with Crippen LogP contribution in [0.2, 0.25) is 0 Å². The van der Waals surface area contributed by atoms with E-state index in [-0.39, 0.29) is 24.4 Å². The van der Waals surface area contributed by atoms with E-state index in [1.807, 2.05) is 0 Å². The molecule has 1 saturated heterocycles. The Hall–Kier alpha value is -2.19. The number of carbonyl (C=O) groups is 3. The van der Waals surface area contributed by atoms with Crippen molar-refractivity contribution in [3.05, 3.63) is 40.3 Å². The van der Waals surface area contributed by atoms with Crippen LogP contribution in [0.1, 0.15) is 22.3 Å². The lowest BCUT2D eigenvalue weighted by molar-refractivity contribution is -0.137. The maximum absolute atomic E-state index is 12.2. The van der Waals surface area contributed by atoms with Crippen molar-refractivity contribution in [1.29, 1.82) is 0 Å². The molecule has 0 unspecified atom stereocenters. The number of benzene rings is 1. The van der Waals surface area contributed by atoms with Gasteiger partial charge in [0.05, 0.1) is 16.9 Å². The highest BCUT2D eigenvalue weighted by Gasteiger charge is 2.31. The van der Waals surface area contributed by atoms with E-state index in [1.54, 1.807) is 18.2 Å². The molecule has 22 heavy (non-hydrogen) atoms. The van der Waals surface area contributed by atoms with Crippen LogP contribution >= 0.6 is 24.0 Å². The Balaban J connectivity index is 2.15. The quantitative estimate of drug-likeness (QED) is 0.627. The third kappa shape index (κ3) is 3.71. The first-order valence-corrected chi connectivity index (χ1v) is 7.41. The van der Waals surface area contributed by atoms with Crippen LogP contribution in [0.25, 0.3) is 6.08 Å². The lowest BCUT2D eigenvalue weighted by atomic mass is 10.1. The van der Waals surface area contributed by atoms with Crippen molar-refractivity contribution in [3.63, 3.8) is 0 Å². The molecule has 1 heterocycles. The predicted molar refractivity (Wildman–Crippen MR) is 85.5 cm³/mol. The van der Waals surface area contributed by atoms with Gasteiger partial charge in [0.25, 0.3) is 5.91 Å². The first kappa shape index (κ1) is 16.2. The summed E-state index contributed by atoms with van der Waals surface area (Å²) in [6.07, 6.45) is 1.43. The summed E-state index contributed by atoms with van der Waals surface area (Å²) in [6, 6.07) is 6.07. The molecule has 1 aliphatic heterocycles. The van der Waals surface area contributed by atoms with Crippen molar-refractivity contribution in [2.24, 2.45) is 0 Å². The van der Waals surface area contributed by atoms with Gasteiger partial charge in [-0.05, 0) is 23.8 Å². The van der Waals surface area contributed by atoms with Gasteiger partial charge in [0, 0.05) is 6.54 Å². The fourth-order valence-electron chi connectivity index (χ4n) is 1.77. The number of hydrogen-bond donors (Lipinski definition) is 2. The van der Waals surface area contributed by atoms with Gasteiger partial charge in [0.1, 0.15) is 4.32 Å². The second-order valence-electron chi connectivity index (χ2n) is 4.40. The molecule has 1 amide bonds. The standard InChI is InChI=1S/C14H11NO5S2/c16-11(17)5-6-15-12(18)10(22-14(15)21)7-8-1-3-9(4-2-8)13(19)20/h1-4,7H,5-6H2,(H,16,17)(H,19,20)/b10-7-. The number of amides is 1. The summed E-state index contributed by atoms with van der Waals surface area (Å²) >= 11 is 6.17. The van der Waals surface area contributed by atoms with Gasteiger partial charge in [-0.1, -0.05) is 36.1 Å². The van der Waals surface area contributed by atoms with E-state index in [0.29, 0.717) is 14.8 Å². The molecule has 1 aromatic carbocycles. The number of aromatic carboxylic acids is 1. The number of aliphatic carboxylic acids is 1. The Kier molecular flexibility index (Phi) is 4.94. The molecule has 1 fully saturated rings. The van der Waals surface area contributed by atoms with Crippen LogP contribution in [-0.4, -0.2) is 43.8 Å². The Labute approximate surface area is 135 Å². The summed E-state index contributed by atoms with van der Waals surface area (Å²) in [5, 5.41) is 17.5. The van der Waals surface area contributed by atoms with Gasteiger partial charge in [0.15, 0.2) is 0 Å². The van der Waals surface area contributed by atoms with Crippen molar-refractivity contribution in [1.82, 2.24) is 4.90 Å². The van der Waals surface area contributed by atoms with E-state index in [2.05, 4.69) is 0 Å². The third-order valence-electron chi connectivity index (χ3n) is 2.88. The minimum absolute atomic E-state index is 0.0370. The summed E-state index contributed by atoms with van der Waals surface area (Å²) in [5.74, 6) is -2.35. The fourth-order valence-corrected chi connectivity index (χ4v) is 3.08. The van der Waals surface area contributed by atoms with Gasteiger partial charge in [-0.2, -0.15) is 0 Å². The number of rotatable bonds is 5. The Morgan fingerprint density at radius 1 is 1.23 bits per heavy atom. The van der Waals surface area contributed by atoms with Crippen molar-refractivity contribution >= 4 is 52.2 Å². The summed E-state index contributed by atoms with van der Waals surface area (Å²) < 4.78 is 0.319. The average molecular weight is 337 g/mol. The summed E-state index contributed by atoms with van der Waals surface area (Å²) in [7, 11) is 0. The maximum atomic E-state index is 12.2. The molecular formula is C14H11NO5S2. The Morgan fingerprint density at radius 3 is 2.41 bits per heavy atom. The number of hydrogen-bond acceptors (Lipinski definition) is 5. The molecule has 2 N–H and O–H groups in total. The topological polar surface area (TPSA) is 94.9 Å². The second-order valence-corrected chi connectivity index (χ2v) is 6.08. The lowest BCUT2D eigenvalue weighted by Crippen LogP contribution is -2.30. The molecular weight excluding hydrogens is 326 g/mol. The average Bonchev–Trinajstić information content (AvgIpc) is 2.72. The van der Waals surface area contributed by atoms with Gasteiger partial charge >= 0.3 is 11.9 Å². The molecule has 0 radical (unpaired) electrons. The van der Waals surface area contributed by atoms with Gasteiger partial charge in [-0.25, -0.2) is 4.79 Å². The first-order valence-electron chi connectivity index (χ1n) is 6.19. The Bertz CT molecular complexity index is 681. The van der Waals surface area contributed by atoms with E-state index in [4.69, 9.17) is 22.4 Å². The normalized spacial score (nSPS) is 16.4. The molecule has 1 aromatic rings. The van der Waals surface area contributed by atoms with Gasteiger partial charge < -0.3 is 10.2 Å². The minimum Gasteiger partial charge on any atom is -0.481 e. The molecule has 0 saturated carbocycles. The smallest absolute Gasteiger partial charge is 0.335 e. The van der Waals surface area contributed by atoms with Crippen LogP contribution < -0.4 is 0 Å². The first-order chi connectivity index (χ1) is 10.4. The van der Waals surface area contributed by atoms with Crippen molar-refractivity contribution in [2.75, 3.05) is 6.54 Å².